The van der Waals surface area contributed by atoms with Gasteiger partial charge in [-0.1, -0.05) is 6.07 Å². The molecule has 2 heterocycles. The molecule has 0 saturated carbocycles. The van der Waals surface area contributed by atoms with Gasteiger partial charge in [0.15, 0.2) is 0 Å². The third-order valence-electron chi connectivity index (χ3n) is 4.25. The fourth-order valence-corrected chi connectivity index (χ4v) is 3.50. The molecular formula is C17H19F2N3O2S. The molecule has 1 aromatic carbocycles. The summed E-state index contributed by atoms with van der Waals surface area (Å²) in [7, 11) is 0. The number of nitrogens with one attached hydrogen (secondary N) is 1. The van der Waals surface area contributed by atoms with Gasteiger partial charge in [0.05, 0.1) is 29.8 Å². The molecule has 1 fully saturated rings. The molecule has 1 saturated heterocycles. The summed E-state index contributed by atoms with van der Waals surface area (Å²) in [6, 6.07) is 2.77. The lowest BCUT2D eigenvalue weighted by atomic mass is 10.0. The van der Waals surface area contributed by atoms with Crippen molar-refractivity contribution in [1.29, 1.82) is 0 Å². The number of aromatic nitrogens is 1. The van der Waals surface area contributed by atoms with Crippen LogP contribution in [-0.2, 0) is 17.8 Å². The van der Waals surface area contributed by atoms with E-state index in [0.717, 1.165) is 24.4 Å². The molecular weight excluding hydrogens is 348 g/mol. The van der Waals surface area contributed by atoms with Gasteiger partial charge < -0.3 is 10.4 Å². The fourth-order valence-electron chi connectivity index (χ4n) is 2.95. The van der Waals surface area contributed by atoms with E-state index in [1.807, 2.05) is 5.38 Å². The van der Waals surface area contributed by atoms with Crippen LogP contribution in [0.4, 0.5) is 8.78 Å². The largest absolute Gasteiger partial charge is 0.390 e. The second-order valence-electron chi connectivity index (χ2n) is 6.16. The Morgan fingerprint density at radius 3 is 2.96 bits per heavy atom. The predicted molar refractivity (Wildman–Crippen MR) is 90.0 cm³/mol. The summed E-state index contributed by atoms with van der Waals surface area (Å²) in [4.78, 5) is 18.4. The quantitative estimate of drug-likeness (QED) is 0.845. The van der Waals surface area contributed by atoms with Crippen LogP contribution >= 0.6 is 11.3 Å². The highest BCUT2D eigenvalue weighted by molar-refractivity contribution is 7.07. The first kappa shape index (κ1) is 17.9. The molecule has 3 rings (SSSR count). The molecule has 8 heteroatoms. The van der Waals surface area contributed by atoms with Crippen molar-refractivity contribution < 1.29 is 18.7 Å². The smallest absolute Gasteiger partial charge is 0.224 e. The molecule has 2 atom stereocenters. The average Bonchev–Trinajstić information content (AvgIpc) is 3.06. The van der Waals surface area contributed by atoms with Crippen molar-refractivity contribution in [2.45, 2.75) is 31.5 Å². The molecule has 0 aliphatic carbocycles. The number of β-amino-alcohol motifs (C(OH)–C–C–N with tert-alkyl or cyclic N) is 1. The number of nitrogens with zero attached hydrogens (tertiary/aromatic N) is 2. The Kier molecular flexibility index (Phi) is 5.72. The standard InChI is InChI=1S/C17H19F2N3O2S/c18-12-2-1-11(14(19)6-12)5-17(24)21-15-3-4-22(8-16(15)23)7-13-9-25-10-20-13/h1-2,6,9-10,15-16,23H,3-5,7-8H2,(H,21,24)/t15-,16-/m1/s1. The van der Waals surface area contributed by atoms with Crippen molar-refractivity contribution in [3.8, 4) is 0 Å². The lowest BCUT2D eigenvalue weighted by Gasteiger charge is -2.36. The number of amides is 1. The van der Waals surface area contributed by atoms with Gasteiger partial charge in [-0.05, 0) is 18.1 Å². The summed E-state index contributed by atoms with van der Waals surface area (Å²) >= 11 is 1.53. The minimum atomic E-state index is -0.742. The summed E-state index contributed by atoms with van der Waals surface area (Å²) in [5.74, 6) is -1.80. The summed E-state index contributed by atoms with van der Waals surface area (Å²) in [5, 5.41) is 15.0. The molecule has 0 spiro atoms. The minimum absolute atomic E-state index is 0.134. The second kappa shape index (κ2) is 7.99. The van der Waals surface area contributed by atoms with Crippen LogP contribution in [0.1, 0.15) is 17.7 Å². The molecule has 0 unspecified atom stereocenters. The highest BCUT2D eigenvalue weighted by atomic mass is 32.1. The Bertz CT molecular complexity index is 727. The van der Waals surface area contributed by atoms with Crippen LogP contribution < -0.4 is 5.32 Å². The van der Waals surface area contributed by atoms with Crippen LogP contribution in [0.15, 0.2) is 29.1 Å². The van der Waals surface area contributed by atoms with Crippen LogP contribution in [-0.4, -0.2) is 46.1 Å². The van der Waals surface area contributed by atoms with E-state index < -0.39 is 17.7 Å². The Balaban J connectivity index is 1.50. The van der Waals surface area contributed by atoms with E-state index in [1.165, 1.54) is 17.4 Å². The first-order chi connectivity index (χ1) is 12.0. The zero-order valence-electron chi connectivity index (χ0n) is 13.5. The predicted octanol–water partition coefficient (Wildman–Crippen LogP) is 1.72. The number of halogens is 2. The van der Waals surface area contributed by atoms with Gasteiger partial charge in [0, 0.05) is 31.1 Å². The molecule has 134 valence electrons. The van der Waals surface area contributed by atoms with E-state index in [-0.39, 0.29) is 23.9 Å². The number of aliphatic hydroxyl groups is 1. The van der Waals surface area contributed by atoms with Crippen LogP contribution in [0, 0.1) is 11.6 Å². The summed E-state index contributed by atoms with van der Waals surface area (Å²) < 4.78 is 26.5. The third kappa shape index (κ3) is 4.81. The maximum Gasteiger partial charge on any atom is 0.224 e. The van der Waals surface area contributed by atoms with Crippen LogP contribution in [0.3, 0.4) is 0 Å². The summed E-state index contributed by atoms with van der Waals surface area (Å²) in [5.41, 5.74) is 2.87. The number of carbonyl (C=O) groups is 1. The minimum Gasteiger partial charge on any atom is -0.390 e. The number of hydrogen-bond acceptors (Lipinski definition) is 5. The zero-order valence-corrected chi connectivity index (χ0v) is 14.3. The fraction of sp³-hybridized carbons (Fsp3) is 0.412. The van der Waals surface area contributed by atoms with Gasteiger partial charge in [0.25, 0.3) is 0 Å². The van der Waals surface area contributed by atoms with E-state index in [2.05, 4.69) is 15.2 Å². The van der Waals surface area contributed by atoms with Crippen molar-refractivity contribution in [1.82, 2.24) is 15.2 Å². The van der Waals surface area contributed by atoms with Crippen molar-refractivity contribution >= 4 is 17.2 Å². The first-order valence-corrected chi connectivity index (χ1v) is 8.96. The normalized spacial score (nSPS) is 21.2. The van der Waals surface area contributed by atoms with Gasteiger partial charge >= 0.3 is 0 Å². The van der Waals surface area contributed by atoms with Gasteiger partial charge in [-0.3, -0.25) is 9.69 Å². The van der Waals surface area contributed by atoms with Crippen LogP contribution in [0.25, 0.3) is 0 Å². The molecule has 0 radical (unpaired) electrons. The highest BCUT2D eigenvalue weighted by Crippen LogP contribution is 2.16. The van der Waals surface area contributed by atoms with E-state index in [4.69, 9.17) is 0 Å². The van der Waals surface area contributed by atoms with Crippen LogP contribution in [0.5, 0.6) is 0 Å². The molecule has 2 aromatic rings. The monoisotopic (exact) mass is 367 g/mol. The number of likely N-dealkylation sites (tertiary alicyclic amines) is 1. The summed E-state index contributed by atoms with van der Waals surface area (Å²) in [6.07, 6.45) is -0.282. The molecule has 1 amide bonds. The van der Waals surface area contributed by atoms with Crippen molar-refractivity contribution in [2.24, 2.45) is 0 Å². The molecule has 5 nitrogen and oxygen atoms in total. The Morgan fingerprint density at radius 1 is 1.44 bits per heavy atom. The number of hydrogen-bond donors (Lipinski definition) is 2. The summed E-state index contributed by atoms with van der Waals surface area (Å²) in [6.45, 7) is 1.83. The second-order valence-corrected chi connectivity index (χ2v) is 6.88. The molecule has 2 N–H and O–H groups in total. The maximum atomic E-state index is 13.6. The molecule has 1 aromatic heterocycles. The lowest BCUT2D eigenvalue weighted by molar-refractivity contribution is -0.122. The molecule has 1 aliphatic rings. The van der Waals surface area contributed by atoms with Crippen molar-refractivity contribution in [3.63, 3.8) is 0 Å². The zero-order chi connectivity index (χ0) is 17.8. The number of thiazole rings is 1. The van der Waals surface area contributed by atoms with Gasteiger partial charge in [0.1, 0.15) is 11.6 Å². The molecule has 25 heavy (non-hydrogen) atoms. The number of rotatable bonds is 5. The third-order valence-corrected chi connectivity index (χ3v) is 4.88. The van der Waals surface area contributed by atoms with Gasteiger partial charge in [-0.25, -0.2) is 13.8 Å². The van der Waals surface area contributed by atoms with E-state index in [9.17, 15) is 18.7 Å². The van der Waals surface area contributed by atoms with Crippen LogP contribution in [0.2, 0.25) is 0 Å². The van der Waals surface area contributed by atoms with Gasteiger partial charge in [0.2, 0.25) is 5.91 Å². The highest BCUT2D eigenvalue weighted by Gasteiger charge is 2.29. The van der Waals surface area contributed by atoms with E-state index in [1.54, 1.807) is 5.51 Å². The van der Waals surface area contributed by atoms with Crippen molar-refractivity contribution in [2.75, 3.05) is 13.1 Å². The number of aliphatic hydroxyl groups excluding tert-OH is 1. The Morgan fingerprint density at radius 2 is 2.28 bits per heavy atom. The van der Waals surface area contributed by atoms with E-state index >= 15 is 0 Å². The number of carbonyl (C=O) groups excluding carboxylic acids is 1. The van der Waals surface area contributed by atoms with Gasteiger partial charge in [-0.15, -0.1) is 11.3 Å². The average molecular weight is 367 g/mol. The maximum absolute atomic E-state index is 13.6. The number of benzene rings is 1. The molecule has 0 bridgehead atoms. The van der Waals surface area contributed by atoms with Gasteiger partial charge in [-0.2, -0.15) is 0 Å². The number of piperidine rings is 1. The topological polar surface area (TPSA) is 65.5 Å². The Hall–Kier alpha value is -1.90. The SMILES string of the molecule is O=C(Cc1ccc(F)cc1F)N[C@@H]1CCN(Cc2cscn2)C[C@H]1O. The first-order valence-electron chi connectivity index (χ1n) is 8.02. The Labute approximate surface area is 148 Å². The molecule has 1 aliphatic heterocycles. The van der Waals surface area contributed by atoms with Crippen molar-refractivity contribution in [3.05, 3.63) is 52.0 Å². The van der Waals surface area contributed by atoms with E-state index in [0.29, 0.717) is 19.5 Å². The lowest BCUT2D eigenvalue weighted by Crippen LogP contribution is -2.54.